The lowest BCUT2D eigenvalue weighted by Gasteiger charge is -2.04. The van der Waals surface area contributed by atoms with Gasteiger partial charge in [0, 0.05) is 0 Å². The maximum Gasteiger partial charge on any atom is 0.240 e. The summed E-state index contributed by atoms with van der Waals surface area (Å²) in [5.74, 6) is -0.564. The smallest absolute Gasteiger partial charge is 0.240 e. The standard InChI is InChI=1S/C10H10NO3S2/c1-8-2-4-10(5-3-8)16(13,14)11-6-9(12)7-15/h2-5,11H,6H2,1H3. The maximum atomic E-state index is 11.6. The third-order valence-electron chi connectivity index (χ3n) is 1.87. The highest BCUT2D eigenvalue weighted by molar-refractivity contribution is 7.89. The molecule has 1 aromatic carbocycles. The van der Waals surface area contributed by atoms with Gasteiger partial charge in [-0.25, -0.2) is 13.1 Å². The van der Waals surface area contributed by atoms with Crippen LogP contribution in [0.1, 0.15) is 5.56 Å². The summed E-state index contributed by atoms with van der Waals surface area (Å²) in [6, 6.07) is 6.32. The van der Waals surface area contributed by atoms with Gasteiger partial charge in [0.1, 0.15) is 5.37 Å². The molecule has 0 fully saturated rings. The van der Waals surface area contributed by atoms with Crippen molar-refractivity contribution >= 4 is 33.4 Å². The lowest BCUT2D eigenvalue weighted by molar-refractivity contribution is -0.111. The number of carbonyl (C=O) groups excluding carboxylic acids is 1. The molecule has 0 saturated carbocycles. The summed E-state index contributed by atoms with van der Waals surface area (Å²) in [5, 5.41) is 1.92. The van der Waals surface area contributed by atoms with Gasteiger partial charge < -0.3 is 0 Å². The second-order valence-corrected chi connectivity index (χ2v) is 5.13. The molecule has 0 atom stereocenters. The number of thiocarbonyl (C=S) groups is 1. The Bertz CT molecular complexity index is 491. The number of rotatable bonds is 5. The average Bonchev–Trinajstić information content (AvgIpc) is 2.26. The quantitative estimate of drug-likeness (QED) is 0.788. The summed E-state index contributed by atoms with van der Waals surface area (Å²) in [7, 11) is -3.64. The second kappa shape index (κ2) is 5.29. The number of hydrogen-bond donors (Lipinski definition) is 1. The van der Waals surface area contributed by atoms with Crippen molar-refractivity contribution in [1.29, 1.82) is 0 Å². The Hall–Kier alpha value is -1.11. The molecule has 0 unspecified atom stereocenters. The van der Waals surface area contributed by atoms with Crippen molar-refractivity contribution in [1.82, 2.24) is 4.72 Å². The fourth-order valence-corrected chi connectivity index (χ4v) is 2.05. The molecule has 0 aliphatic rings. The third-order valence-corrected chi connectivity index (χ3v) is 3.51. The number of Topliss-reactive ketones (excluding diaryl/α,β-unsaturated/α-hetero) is 1. The van der Waals surface area contributed by atoms with E-state index in [-0.39, 0.29) is 11.4 Å². The van der Waals surface area contributed by atoms with Crippen molar-refractivity contribution in [3.05, 3.63) is 29.8 Å². The van der Waals surface area contributed by atoms with E-state index in [1.54, 1.807) is 12.1 Å². The molecule has 1 aromatic rings. The van der Waals surface area contributed by atoms with Crippen LogP contribution in [-0.2, 0) is 14.8 Å². The van der Waals surface area contributed by atoms with Crippen LogP contribution in [0.25, 0.3) is 0 Å². The summed E-state index contributed by atoms with van der Waals surface area (Å²) in [4.78, 5) is 10.9. The van der Waals surface area contributed by atoms with Crippen molar-refractivity contribution in [2.75, 3.05) is 6.54 Å². The molecule has 0 amide bonds. The molecule has 16 heavy (non-hydrogen) atoms. The molecular weight excluding hydrogens is 246 g/mol. The molecule has 0 aromatic heterocycles. The van der Waals surface area contributed by atoms with Crippen molar-refractivity contribution in [3.8, 4) is 0 Å². The van der Waals surface area contributed by atoms with Crippen LogP contribution < -0.4 is 4.72 Å². The Morgan fingerprint density at radius 3 is 2.44 bits per heavy atom. The maximum absolute atomic E-state index is 11.6. The molecule has 1 radical (unpaired) electrons. The Balaban J connectivity index is 2.82. The predicted octanol–water partition coefficient (Wildman–Crippen LogP) is 0.719. The highest BCUT2D eigenvalue weighted by Crippen LogP contribution is 2.09. The second-order valence-electron chi connectivity index (χ2n) is 3.16. The Morgan fingerprint density at radius 2 is 1.94 bits per heavy atom. The number of sulfonamides is 1. The van der Waals surface area contributed by atoms with Gasteiger partial charge in [-0.3, -0.25) is 4.79 Å². The van der Waals surface area contributed by atoms with Crippen LogP contribution in [0.2, 0.25) is 0 Å². The summed E-state index contributed by atoms with van der Waals surface area (Å²) in [6.45, 7) is 1.49. The van der Waals surface area contributed by atoms with Crippen LogP contribution in [0.5, 0.6) is 0 Å². The molecule has 6 heteroatoms. The fraction of sp³-hybridized carbons (Fsp3) is 0.200. The number of aryl methyl sites for hydroxylation is 1. The monoisotopic (exact) mass is 256 g/mol. The number of benzene rings is 1. The lowest BCUT2D eigenvalue weighted by atomic mass is 10.2. The van der Waals surface area contributed by atoms with Gasteiger partial charge in [-0.05, 0) is 19.1 Å². The van der Waals surface area contributed by atoms with Crippen LogP contribution in [0.15, 0.2) is 29.2 Å². The first kappa shape index (κ1) is 13.0. The molecule has 0 aliphatic carbocycles. The SMILES string of the molecule is Cc1ccc(S(=O)(=O)NCC(=O)[C]=S)cc1. The summed E-state index contributed by atoms with van der Waals surface area (Å²) < 4.78 is 25.4. The molecular formula is C10H10NO3S2. The summed E-state index contributed by atoms with van der Waals surface area (Å²) >= 11 is 4.26. The van der Waals surface area contributed by atoms with Crippen LogP contribution >= 0.6 is 12.2 Å². The molecule has 85 valence electrons. The molecule has 0 spiro atoms. The molecule has 0 heterocycles. The molecule has 4 nitrogen and oxygen atoms in total. The van der Waals surface area contributed by atoms with E-state index in [1.165, 1.54) is 12.1 Å². The Kier molecular flexibility index (Phi) is 4.28. The van der Waals surface area contributed by atoms with Crippen LogP contribution in [0, 0.1) is 6.92 Å². The summed E-state index contributed by atoms with van der Waals surface area (Å²) in [5.41, 5.74) is 0.960. The van der Waals surface area contributed by atoms with E-state index in [0.29, 0.717) is 0 Å². The van der Waals surface area contributed by atoms with Gasteiger partial charge in [0.2, 0.25) is 10.0 Å². The normalized spacial score (nSPS) is 11.1. The van der Waals surface area contributed by atoms with Crippen molar-refractivity contribution in [2.45, 2.75) is 11.8 Å². The van der Waals surface area contributed by atoms with Gasteiger partial charge in [0.15, 0.2) is 5.78 Å². The zero-order valence-corrected chi connectivity index (χ0v) is 10.2. The van der Waals surface area contributed by atoms with E-state index in [9.17, 15) is 13.2 Å². The minimum atomic E-state index is -3.64. The van der Waals surface area contributed by atoms with Crippen LogP contribution in [0.4, 0.5) is 0 Å². The van der Waals surface area contributed by atoms with E-state index in [1.807, 2.05) is 12.3 Å². The first-order valence-corrected chi connectivity index (χ1v) is 6.32. The first-order chi connectivity index (χ1) is 7.45. The van der Waals surface area contributed by atoms with Gasteiger partial charge in [-0.1, -0.05) is 29.9 Å². The van der Waals surface area contributed by atoms with Crippen LogP contribution in [0.3, 0.4) is 0 Å². The lowest BCUT2D eigenvalue weighted by Crippen LogP contribution is -2.29. The van der Waals surface area contributed by atoms with Gasteiger partial charge in [0.05, 0.1) is 11.4 Å². The summed E-state index contributed by atoms with van der Waals surface area (Å²) in [6.07, 6.45) is 0. The highest BCUT2D eigenvalue weighted by atomic mass is 32.2. The number of ketones is 1. The van der Waals surface area contributed by atoms with Crippen LogP contribution in [-0.4, -0.2) is 26.1 Å². The molecule has 0 bridgehead atoms. The molecule has 1 N–H and O–H groups in total. The number of hydrogen-bond acceptors (Lipinski definition) is 4. The molecule has 1 rings (SSSR count). The highest BCUT2D eigenvalue weighted by Gasteiger charge is 2.14. The van der Waals surface area contributed by atoms with Crippen molar-refractivity contribution < 1.29 is 13.2 Å². The predicted molar refractivity (Wildman–Crippen MR) is 64.0 cm³/mol. The third kappa shape index (κ3) is 3.48. The minimum Gasteiger partial charge on any atom is -0.292 e. The van der Waals surface area contributed by atoms with Crippen molar-refractivity contribution in [2.24, 2.45) is 0 Å². The van der Waals surface area contributed by atoms with Gasteiger partial charge >= 0.3 is 0 Å². The minimum absolute atomic E-state index is 0.121. The van der Waals surface area contributed by atoms with Gasteiger partial charge in [0.25, 0.3) is 0 Å². The molecule has 0 saturated heterocycles. The van der Waals surface area contributed by atoms with Gasteiger partial charge in [-0.15, -0.1) is 0 Å². The van der Waals surface area contributed by atoms with E-state index >= 15 is 0 Å². The Morgan fingerprint density at radius 1 is 1.38 bits per heavy atom. The Labute approximate surface area is 99.7 Å². The topological polar surface area (TPSA) is 63.2 Å². The number of carbonyl (C=O) groups is 1. The number of nitrogens with one attached hydrogen (secondary N) is 1. The van der Waals surface area contributed by atoms with Crippen molar-refractivity contribution in [3.63, 3.8) is 0 Å². The van der Waals surface area contributed by atoms with E-state index in [2.05, 4.69) is 16.9 Å². The van der Waals surface area contributed by atoms with E-state index < -0.39 is 15.8 Å². The average molecular weight is 256 g/mol. The first-order valence-electron chi connectivity index (χ1n) is 4.43. The zero-order chi connectivity index (χ0) is 12.2. The van der Waals surface area contributed by atoms with E-state index in [4.69, 9.17) is 0 Å². The fourth-order valence-electron chi connectivity index (χ4n) is 0.997. The van der Waals surface area contributed by atoms with Gasteiger partial charge in [-0.2, -0.15) is 0 Å². The zero-order valence-electron chi connectivity index (χ0n) is 8.56. The largest absolute Gasteiger partial charge is 0.292 e. The molecule has 0 aliphatic heterocycles. The van der Waals surface area contributed by atoms with E-state index in [0.717, 1.165) is 5.56 Å².